The fourth-order valence-electron chi connectivity index (χ4n) is 3.97. The number of aromatic nitrogens is 2. The smallest absolute Gasteiger partial charge is 0.322 e. The number of ether oxygens (including phenoxy) is 1. The monoisotopic (exact) mass is 422 g/mol. The molecule has 1 aromatic carbocycles. The largest absolute Gasteiger partial charge is 0.494 e. The summed E-state index contributed by atoms with van der Waals surface area (Å²) in [6, 6.07) is 11.0. The van der Waals surface area contributed by atoms with Crippen molar-refractivity contribution in [3.8, 4) is 5.75 Å². The first-order valence-electron chi connectivity index (χ1n) is 11.0. The van der Waals surface area contributed by atoms with Crippen LogP contribution in [0.1, 0.15) is 48.9 Å². The molecule has 0 aliphatic heterocycles. The van der Waals surface area contributed by atoms with Gasteiger partial charge in [-0.3, -0.25) is 4.68 Å². The lowest BCUT2D eigenvalue weighted by Crippen LogP contribution is -2.34. The standard InChI is InChI=1S/C24H30N4O3/c1-3-4-14-30-19-12-10-18(11-13-19)25-24(29)28(16-20-7-6-15-31-20)17-22-21-8-5-9-23(21)27(2)26-22/h6-7,10-13,15H,3-5,8-9,14,16-17H2,1-2H3,(H,25,29). The topological polar surface area (TPSA) is 72.5 Å². The Labute approximate surface area is 183 Å². The van der Waals surface area contributed by atoms with E-state index < -0.39 is 0 Å². The molecule has 2 aromatic heterocycles. The van der Waals surface area contributed by atoms with Gasteiger partial charge in [-0.25, -0.2) is 4.79 Å². The molecule has 0 saturated carbocycles. The van der Waals surface area contributed by atoms with E-state index in [0.717, 1.165) is 55.0 Å². The first-order chi connectivity index (χ1) is 15.1. The van der Waals surface area contributed by atoms with E-state index in [4.69, 9.17) is 9.15 Å². The van der Waals surface area contributed by atoms with Crippen molar-refractivity contribution in [1.82, 2.24) is 14.7 Å². The van der Waals surface area contributed by atoms with Crippen LogP contribution in [0.4, 0.5) is 10.5 Å². The molecule has 1 aliphatic rings. The molecule has 31 heavy (non-hydrogen) atoms. The molecule has 2 heterocycles. The van der Waals surface area contributed by atoms with Gasteiger partial charge in [-0.2, -0.15) is 5.10 Å². The zero-order valence-electron chi connectivity index (χ0n) is 18.3. The Morgan fingerprint density at radius 1 is 1.23 bits per heavy atom. The van der Waals surface area contributed by atoms with E-state index in [0.29, 0.717) is 19.7 Å². The van der Waals surface area contributed by atoms with Gasteiger partial charge in [0.2, 0.25) is 0 Å². The summed E-state index contributed by atoms with van der Waals surface area (Å²) >= 11 is 0. The van der Waals surface area contributed by atoms with Crippen molar-refractivity contribution < 1.29 is 13.9 Å². The van der Waals surface area contributed by atoms with Crippen LogP contribution in [0.2, 0.25) is 0 Å². The van der Waals surface area contributed by atoms with Gasteiger partial charge in [-0.15, -0.1) is 0 Å². The Bertz CT molecular complexity index is 993. The molecule has 164 valence electrons. The van der Waals surface area contributed by atoms with E-state index in [2.05, 4.69) is 17.3 Å². The molecule has 0 unspecified atom stereocenters. The molecule has 0 bridgehead atoms. The minimum atomic E-state index is -0.187. The van der Waals surface area contributed by atoms with Crippen LogP contribution in [0.5, 0.6) is 5.75 Å². The number of furan rings is 1. The second-order valence-corrected chi connectivity index (χ2v) is 7.94. The first kappa shape index (κ1) is 21.0. The highest BCUT2D eigenvalue weighted by Crippen LogP contribution is 2.26. The van der Waals surface area contributed by atoms with E-state index in [9.17, 15) is 4.79 Å². The van der Waals surface area contributed by atoms with Gasteiger partial charge in [0.05, 0.1) is 31.7 Å². The van der Waals surface area contributed by atoms with Crippen molar-refractivity contribution in [3.63, 3.8) is 0 Å². The molecular weight excluding hydrogens is 392 g/mol. The lowest BCUT2D eigenvalue weighted by atomic mass is 10.2. The molecule has 7 heteroatoms. The summed E-state index contributed by atoms with van der Waals surface area (Å²) in [6.07, 6.45) is 6.97. The van der Waals surface area contributed by atoms with Crippen LogP contribution in [0, 0.1) is 0 Å². The molecule has 4 rings (SSSR count). The molecule has 1 aliphatic carbocycles. The fourth-order valence-corrected chi connectivity index (χ4v) is 3.97. The minimum absolute atomic E-state index is 0.187. The molecule has 0 fully saturated rings. The van der Waals surface area contributed by atoms with Gasteiger partial charge < -0.3 is 19.4 Å². The Balaban J connectivity index is 1.46. The average Bonchev–Trinajstić information content (AvgIpc) is 3.50. The van der Waals surface area contributed by atoms with Gasteiger partial charge in [-0.05, 0) is 67.6 Å². The lowest BCUT2D eigenvalue weighted by molar-refractivity contribution is 0.200. The maximum atomic E-state index is 13.2. The van der Waals surface area contributed by atoms with Crippen LogP contribution in [-0.4, -0.2) is 27.3 Å². The number of carbonyl (C=O) groups is 1. The Hall–Kier alpha value is -3.22. The third kappa shape index (κ3) is 5.10. The number of benzene rings is 1. The van der Waals surface area contributed by atoms with Gasteiger partial charge in [-0.1, -0.05) is 13.3 Å². The number of carbonyl (C=O) groups excluding carboxylic acids is 1. The second kappa shape index (κ2) is 9.73. The molecule has 3 aromatic rings. The highest BCUT2D eigenvalue weighted by molar-refractivity contribution is 5.89. The molecule has 7 nitrogen and oxygen atoms in total. The maximum absolute atomic E-state index is 13.2. The molecular formula is C24H30N4O3. The van der Waals surface area contributed by atoms with Gasteiger partial charge in [0.25, 0.3) is 0 Å². The van der Waals surface area contributed by atoms with E-state index in [-0.39, 0.29) is 6.03 Å². The van der Waals surface area contributed by atoms with Crippen molar-refractivity contribution >= 4 is 11.7 Å². The number of fused-ring (bicyclic) bond motifs is 1. The first-order valence-corrected chi connectivity index (χ1v) is 11.0. The highest BCUT2D eigenvalue weighted by Gasteiger charge is 2.24. The number of amides is 2. The fraction of sp³-hybridized carbons (Fsp3) is 0.417. The summed E-state index contributed by atoms with van der Waals surface area (Å²) in [7, 11) is 1.98. The van der Waals surface area contributed by atoms with Gasteiger partial charge in [0.1, 0.15) is 11.5 Å². The SMILES string of the molecule is CCCCOc1ccc(NC(=O)N(Cc2ccco2)Cc2nn(C)c3c2CCC3)cc1. The Morgan fingerprint density at radius 2 is 2.06 bits per heavy atom. The molecule has 0 spiro atoms. The number of aryl methyl sites for hydroxylation is 1. The molecule has 0 atom stereocenters. The van der Waals surface area contributed by atoms with Crippen molar-refractivity contribution in [2.75, 3.05) is 11.9 Å². The number of nitrogens with zero attached hydrogens (tertiary/aromatic N) is 3. The number of rotatable bonds is 9. The normalized spacial score (nSPS) is 12.6. The van der Waals surface area contributed by atoms with E-state index in [1.807, 2.05) is 48.1 Å². The zero-order valence-corrected chi connectivity index (χ0v) is 18.3. The third-order valence-corrected chi connectivity index (χ3v) is 5.63. The quantitative estimate of drug-likeness (QED) is 0.497. The number of hydrogen-bond donors (Lipinski definition) is 1. The number of hydrogen-bond acceptors (Lipinski definition) is 4. The van der Waals surface area contributed by atoms with Crippen LogP contribution < -0.4 is 10.1 Å². The summed E-state index contributed by atoms with van der Waals surface area (Å²) in [6.45, 7) is 3.65. The second-order valence-electron chi connectivity index (χ2n) is 7.94. The number of unbranched alkanes of at least 4 members (excludes halogenated alkanes) is 1. The van der Waals surface area contributed by atoms with Crippen molar-refractivity contribution in [3.05, 3.63) is 65.4 Å². The number of urea groups is 1. The maximum Gasteiger partial charge on any atom is 0.322 e. The summed E-state index contributed by atoms with van der Waals surface area (Å²) < 4.78 is 13.2. The zero-order chi connectivity index (χ0) is 21.6. The predicted octanol–water partition coefficient (Wildman–Crippen LogP) is 4.92. The number of nitrogens with one attached hydrogen (secondary N) is 1. The van der Waals surface area contributed by atoms with E-state index >= 15 is 0 Å². The van der Waals surface area contributed by atoms with Gasteiger partial charge in [0.15, 0.2) is 0 Å². The lowest BCUT2D eigenvalue weighted by Gasteiger charge is -2.22. The highest BCUT2D eigenvalue weighted by atomic mass is 16.5. The van der Waals surface area contributed by atoms with E-state index in [1.165, 1.54) is 11.3 Å². The molecule has 0 radical (unpaired) electrons. The van der Waals surface area contributed by atoms with Crippen LogP contribution in [-0.2, 0) is 33.0 Å². The Kier molecular flexibility index (Phi) is 6.60. The van der Waals surface area contributed by atoms with Crippen molar-refractivity contribution in [2.24, 2.45) is 7.05 Å². The number of anilines is 1. The molecule has 1 N–H and O–H groups in total. The van der Waals surface area contributed by atoms with Gasteiger partial charge in [0, 0.05) is 18.4 Å². The average molecular weight is 423 g/mol. The minimum Gasteiger partial charge on any atom is -0.494 e. The van der Waals surface area contributed by atoms with Crippen molar-refractivity contribution in [2.45, 2.75) is 52.1 Å². The third-order valence-electron chi connectivity index (χ3n) is 5.63. The van der Waals surface area contributed by atoms with E-state index in [1.54, 1.807) is 11.2 Å². The summed E-state index contributed by atoms with van der Waals surface area (Å²) in [5.74, 6) is 1.55. The molecule has 0 saturated heterocycles. The summed E-state index contributed by atoms with van der Waals surface area (Å²) in [5.41, 5.74) is 4.26. The van der Waals surface area contributed by atoms with Crippen LogP contribution in [0.3, 0.4) is 0 Å². The molecule has 2 amide bonds. The van der Waals surface area contributed by atoms with Crippen molar-refractivity contribution in [1.29, 1.82) is 0 Å². The van der Waals surface area contributed by atoms with Gasteiger partial charge >= 0.3 is 6.03 Å². The summed E-state index contributed by atoms with van der Waals surface area (Å²) in [5, 5.41) is 7.68. The van der Waals surface area contributed by atoms with Crippen LogP contribution >= 0.6 is 0 Å². The Morgan fingerprint density at radius 3 is 2.81 bits per heavy atom. The predicted molar refractivity (Wildman–Crippen MR) is 119 cm³/mol. The van der Waals surface area contributed by atoms with Crippen LogP contribution in [0.25, 0.3) is 0 Å². The summed E-state index contributed by atoms with van der Waals surface area (Å²) in [4.78, 5) is 14.9. The van der Waals surface area contributed by atoms with Crippen LogP contribution in [0.15, 0.2) is 47.1 Å².